The van der Waals surface area contributed by atoms with E-state index < -0.39 is 25.5 Å². The molecule has 0 saturated heterocycles. The maximum atomic E-state index is 12.2. The average Bonchev–Trinajstić information content (AvgIpc) is 2.98. The molecule has 9 nitrogen and oxygen atoms in total. The molecule has 112 valence electrons. The normalized spacial score (nSPS) is 11.3. The van der Waals surface area contributed by atoms with Gasteiger partial charge in [-0.25, -0.2) is 13.1 Å². The highest BCUT2D eigenvalue weighted by Gasteiger charge is 2.26. The van der Waals surface area contributed by atoms with Crippen LogP contribution < -0.4 is 10.0 Å². The Balaban J connectivity index is 2.35. The van der Waals surface area contributed by atoms with Crippen molar-refractivity contribution in [3.63, 3.8) is 0 Å². The Kier molecular flexibility index (Phi) is 4.19. The third kappa shape index (κ3) is 3.35. The van der Waals surface area contributed by atoms with Crippen LogP contribution in [-0.2, 0) is 16.6 Å². The molecule has 1 aromatic carbocycles. The Morgan fingerprint density at radius 1 is 1.38 bits per heavy atom. The fraction of sp³-hybridized carbons (Fsp3) is 0.182. The lowest BCUT2D eigenvalue weighted by molar-refractivity contribution is -0.387. The van der Waals surface area contributed by atoms with E-state index in [9.17, 15) is 18.5 Å². The quantitative estimate of drug-likeness (QED) is 0.604. The number of nitrogens with zero attached hydrogens (tertiary/aromatic N) is 2. The lowest BCUT2D eigenvalue weighted by atomic mass is 10.3. The van der Waals surface area contributed by atoms with E-state index in [4.69, 9.17) is 4.52 Å². The number of nitrogens with one attached hydrogen (secondary N) is 2. The van der Waals surface area contributed by atoms with Crippen molar-refractivity contribution in [2.24, 2.45) is 0 Å². The Bertz CT molecular complexity index is 742. The van der Waals surface area contributed by atoms with Crippen molar-refractivity contribution in [3.8, 4) is 0 Å². The number of nitro benzene ring substituents is 1. The van der Waals surface area contributed by atoms with Gasteiger partial charge in [0.2, 0.25) is 10.0 Å². The van der Waals surface area contributed by atoms with Gasteiger partial charge in [-0.05, 0) is 12.1 Å². The maximum absolute atomic E-state index is 12.2. The highest BCUT2D eigenvalue weighted by Crippen LogP contribution is 2.26. The monoisotopic (exact) mass is 312 g/mol. The van der Waals surface area contributed by atoms with E-state index in [1.54, 1.807) is 7.05 Å². The van der Waals surface area contributed by atoms with Gasteiger partial charge in [0.1, 0.15) is 0 Å². The van der Waals surface area contributed by atoms with E-state index in [-0.39, 0.29) is 6.54 Å². The van der Waals surface area contributed by atoms with Crippen molar-refractivity contribution in [1.29, 1.82) is 0 Å². The van der Waals surface area contributed by atoms with Crippen LogP contribution in [-0.4, -0.2) is 25.5 Å². The molecule has 2 rings (SSSR count). The number of sulfonamides is 1. The predicted molar refractivity (Wildman–Crippen MR) is 73.2 cm³/mol. The van der Waals surface area contributed by atoms with Crippen molar-refractivity contribution in [1.82, 2.24) is 9.88 Å². The minimum absolute atomic E-state index is 0.150. The molecule has 21 heavy (non-hydrogen) atoms. The van der Waals surface area contributed by atoms with E-state index >= 15 is 0 Å². The number of rotatable bonds is 6. The largest absolute Gasteiger partial charge is 0.388 e. The highest BCUT2D eigenvalue weighted by molar-refractivity contribution is 7.89. The van der Waals surface area contributed by atoms with E-state index in [0.717, 1.165) is 6.07 Å². The molecule has 0 bridgehead atoms. The Morgan fingerprint density at radius 2 is 2.14 bits per heavy atom. The summed E-state index contributed by atoms with van der Waals surface area (Å²) in [5, 5.41) is 17.1. The zero-order valence-corrected chi connectivity index (χ0v) is 11.8. The van der Waals surface area contributed by atoms with Crippen molar-refractivity contribution >= 4 is 21.4 Å². The smallest absolute Gasteiger partial charge is 0.289 e. The summed E-state index contributed by atoms with van der Waals surface area (Å²) < 4.78 is 31.4. The number of anilines is 1. The van der Waals surface area contributed by atoms with Gasteiger partial charge in [-0.1, -0.05) is 5.16 Å². The van der Waals surface area contributed by atoms with Crippen LogP contribution in [0.2, 0.25) is 0 Å². The lowest BCUT2D eigenvalue weighted by Gasteiger charge is -2.08. The van der Waals surface area contributed by atoms with Crippen LogP contribution in [0.1, 0.15) is 5.76 Å². The number of benzene rings is 1. The summed E-state index contributed by atoms with van der Waals surface area (Å²) in [5.41, 5.74) is -0.0558. The molecular formula is C11H12N4O5S. The molecule has 0 atom stereocenters. The van der Waals surface area contributed by atoms with Crippen LogP contribution in [0.3, 0.4) is 0 Å². The van der Waals surface area contributed by atoms with Gasteiger partial charge >= 0.3 is 0 Å². The van der Waals surface area contributed by atoms with Gasteiger partial charge in [0.05, 0.1) is 17.7 Å². The van der Waals surface area contributed by atoms with Gasteiger partial charge in [-0.15, -0.1) is 0 Å². The second kappa shape index (κ2) is 5.89. The first kappa shape index (κ1) is 14.9. The van der Waals surface area contributed by atoms with E-state index in [2.05, 4.69) is 15.2 Å². The van der Waals surface area contributed by atoms with Crippen LogP contribution in [0.25, 0.3) is 0 Å². The summed E-state index contributed by atoms with van der Waals surface area (Å²) in [4.78, 5) is 9.80. The Labute approximate surface area is 120 Å². The summed E-state index contributed by atoms with van der Waals surface area (Å²) in [6.07, 6.45) is 1.37. The minimum atomic E-state index is -4.06. The Hall–Kier alpha value is -2.46. The highest BCUT2D eigenvalue weighted by atomic mass is 32.2. The summed E-state index contributed by atoms with van der Waals surface area (Å²) in [7, 11) is -2.48. The van der Waals surface area contributed by atoms with Crippen LogP contribution in [0, 0.1) is 10.1 Å². The number of hydrogen-bond donors (Lipinski definition) is 2. The number of aromatic nitrogens is 1. The van der Waals surface area contributed by atoms with Crippen molar-refractivity contribution in [2.45, 2.75) is 11.4 Å². The summed E-state index contributed by atoms with van der Waals surface area (Å²) in [6.45, 7) is -0.150. The molecule has 2 N–H and O–H groups in total. The van der Waals surface area contributed by atoms with Gasteiger partial charge in [0.15, 0.2) is 10.7 Å². The maximum Gasteiger partial charge on any atom is 0.289 e. The molecule has 1 heterocycles. The molecule has 0 unspecified atom stereocenters. The van der Waals surface area contributed by atoms with E-state index in [1.807, 2.05) is 0 Å². The molecule has 10 heteroatoms. The van der Waals surface area contributed by atoms with Gasteiger partial charge in [-0.2, -0.15) is 0 Å². The average molecular weight is 312 g/mol. The van der Waals surface area contributed by atoms with Crippen molar-refractivity contribution < 1.29 is 17.9 Å². The fourth-order valence-electron chi connectivity index (χ4n) is 1.61. The molecule has 0 amide bonds. The SMILES string of the molecule is CNc1ccc([N+](=O)[O-])c(S(=O)(=O)NCc2ccno2)c1. The first-order chi connectivity index (χ1) is 9.94. The minimum Gasteiger partial charge on any atom is -0.388 e. The molecule has 2 aromatic rings. The van der Waals surface area contributed by atoms with Crippen molar-refractivity contribution in [2.75, 3.05) is 12.4 Å². The Morgan fingerprint density at radius 3 is 2.71 bits per heavy atom. The van der Waals surface area contributed by atoms with Crippen LogP contribution in [0.15, 0.2) is 39.9 Å². The number of hydrogen-bond acceptors (Lipinski definition) is 7. The number of nitro groups is 1. The van der Waals surface area contributed by atoms with Gasteiger partial charge in [-0.3, -0.25) is 10.1 Å². The summed E-state index contributed by atoms with van der Waals surface area (Å²) in [5.74, 6) is 0.297. The molecule has 0 radical (unpaired) electrons. The van der Waals surface area contributed by atoms with Crippen LogP contribution in [0.5, 0.6) is 0 Å². The van der Waals surface area contributed by atoms with Gasteiger partial charge in [0, 0.05) is 24.9 Å². The van der Waals surface area contributed by atoms with E-state index in [1.165, 1.54) is 24.4 Å². The first-order valence-corrected chi connectivity index (χ1v) is 7.28. The summed E-state index contributed by atoms with van der Waals surface area (Å²) in [6, 6.07) is 5.24. The second-order valence-corrected chi connectivity index (χ2v) is 5.73. The molecule has 0 aliphatic carbocycles. The second-order valence-electron chi connectivity index (χ2n) is 3.99. The zero-order chi connectivity index (χ0) is 15.5. The molecule has 0 aliphatic heterocycles. The first-order valence-electron chi connectivity index (χ1n) is 5.79. The van der Waals surface area contributed by atoms with Crippen LogP contribution >= 0.6 is 0 Å². The topological polar surface area (TPSA) is 127 Å². The van der Waals surface area contributed by atoms with Crippen molar-refractivity contribution in [3.05, 3.63) is 46.3 Å². The van der Waals surface area contributed by atoms with E-state index in [0.29, 0.717) is 11.4 Å². The van der Waals surface area contributed by atoms with Gasteiger partial charge < -0.3 is 9.84 Å². The fourth-order valence-corrected chi connectivity index (χ4v) is 2.80. The zero-order valence-electron chi connectivity index (χ0n) is 10.9. The standard InChI is InChI=1S/C11H12N4O5S/c1-12-8-2-3-10(15(16)17)11(6-8)21(18,19)14-7-9-4-5-13-20-9/h2-6,12,14H,7H2,1H3. The molecule has 0 saturated carbocycles. The lowest BCUT2D eigenvalue weighted by Crippen LogP contribution is -2.24. The third-order valence-electron chi connectivity index (χ3n) is 2.66. The molecular weight excluding hydrogens is 300 g/mol. The predicted octanol–water partition coefficient (Wildman–Crippen LogP) is 1.10. The summed E-state index contributed by atoms with van der Waals surface area (Å²) >= 11 is 0. The molecule has 0 aliphatic rings. The molecule has 0 spiro atoms. The third-order valence-corrected chi connectivity index (χ3v) is 4.09. The molecule has 0 fully saturated rings. The van der Waals surface area contributed by atoms with Crippen LogP contribution in [0.4, 0.5) is 11.4 Å². The van der Waals surface area contributed by atoms with Gasteiger partial charge in [0.25, 0.3) is 5.69 Å². The molecule has 1 aromatic heterocycles.